The maximum Gasteiger partial charge on any atom is 0.191 e. The summed E-state index contributed by atoms with van der Waals surface area (Å²) in [6.07, 6.45) is 5.18. The third kappa shape index (κ3) is 8.76. The van der Waals surface area contributed by atoms with Gasteiger partial charge in [0.1, 0.15) is 12.2 Å². The van der Waals surface area contributed by atoms with Crippen LogP contribution in [0.5, 0.6) is 0 Å². The minimum Gasteiger partial charge on any atom is -0.357 e. The highest BCUT2D eigenvalue weighted by Crippen LogP contribution is 2.20. The molecule has 0 aliphatic carbocycles. The van der Waals surface area contributed by atoms with Crippen LogP contribution in [-0.4, -0.2) is 64.9 Å². The number of aryl methyl sites for hydroxylation is 1. The number of aromatic nitrogens is 3. The lowest BCUT2D eigenvalue weighted by Gasteiger charge is -2.34. The van der Waals surface area contributed by atoms with Crippen molar-refractivity contribution in [3.63, 3.8) is 0 Å². The number of hydrogen-bond donors (Lipinski definition) is 2. The van der Waals surface area contributed by atoms with Crippen LogP contribution in [-0.2, 0) is 13.0 Å². The number of aliphatic imine (C=N–C) groups is 1. The zero-order valence-electron chi connectivity index (χ0n) is 17.4. The topological polar surface area (TPSA) is 70.4 Å². The van der Waals surface area contributed by atoms with Gasteiger partial charge < -0.3 is 20.1 Å². The average Bonchev–Trinajstić information content (AvgIpc) is 3.05. The standard InChI is InChI=1S/C19H37N7.HI/c1-5-18-24-23-15-26(18)11-9-22-19(20-6-2)21-8-7-10-25-13-16(3)12-17(4)14-25;/h15-17H,5-14H2,1-4H3,(H2,20,21,22);1H. The van der Waals surface area contributed by atoms with Crippen molar-refractivity contribution >= 4 is 29.9 Å². The molecule has 156 valence electrons. The van der Waals surface area contributed by atoms with Crippen LogP contribution in [0.2, 0.25) is 0 Å². The van der Waals surface area contributed by atoms with Crippen LogP contribution >= 0.6 is 24.0 Å². The van der Waals surface area contributed by atoms with Crippen LogP contribution in [0.15, 0.2) is 11.3 Å². The smallest absolute Gasteiger partial charge is 0.191 e. The lowest BCUT2D eigenvalue weighted by molar-refractivity contribution is 0.140. The number of piperidine rings is 1. The minimum atomic E-state index is 0. The number of likely N-dealkylation sites (tertiary alicyclic amines) is 1. The lowest BCUT2D eigenvalue weighted by atomic mass is 9.92. The molecule has 2 rings (SSSR count). The molecule has 1 saturated heterocycles. The van der Waals surface area contributed by atoms with E-state index in [4.69, 9.17) is 4.99 Å². The normalized spacial score (nSPS) is 21.0. The second kappa shape index (κ2) is 13.3. The van der Waals surface area contributed by atoms with Gasteiger partial charge in [-0.2, -0.15) is 0 Å². The number of hydrogen-bond acceptors (Lipinski definition) is 4. The van der Waals surface area contributed by atoms with E-state index in [1.807, 2.05) is 0 Å². The van der Waals surface area contributed by atoms with Gasteiger partial charge in [-0.25, -0.2) is 0 Å². The Morgan fingerprint density at radius 1 is 1.19 bits per heavy atom. The van der Waals surface area contributed by atoms with Gasteiger partial charge in [-0.1, -0.05) is 20.8 Å². The molecule has 0 spiro atoms. The number of rotatable bonds is 9. The molecule has 1 fully saturated rings. The fourth-order valence-electron chi connectivity index (χ4n) is 3.84. The number of nitrogens with zero attached hydrogens (tertiary/aromatic N) is 5. The summed E-state index contributed by atoms with van der Waals surface area (Å²) in [6, 6.07) is 0. The molecule has 0 saturated carbocycles. The summed E-state index contributed by atoms with van der Waals surface area (Å²) in [5.41, 5.74) is 0. The van der Waals surface area contributed by atoms with Gasteiger partial charge in [-0.15, -0.1) is 34.2 Å². The molecule has 27 heavy (non-hydrogen) atoms. The summed E-state index contributed by atoms with van der Waals surface area (Å²) in [5.74, 6) is 3.58. The van der Waals surface area contributed by atoms with Crippen LogP contribution < -0.4 is 10.6 Å². The highest BCUT2D eigenvalue weighted by Gasteiger charge is 2.20. The first-order chi connectivity index (χ1) is 12.6. The molecule has 2 heterocycles. The molecular formula is C19H38IN7. The van der Waals surface area contributed by atoms with Crippen molar-refractivity contribution in [2.45, 2.75) is 53.5 Å². The third-order valence-electron chi connectivity index (χ3n) is 4.85. The van der Waals surface area contributed by atoms with Crippen molar-refractivity contribution in [1.29, 1.82) is 0 Å². The fraction of sp³-hybridized carbons (Fsp3) is 0.842. The van der Waals surface area contributed by atoms with E-state index in [9.17, 15) is 0 Å². The average molecular weight is 491 g/mol. The summed E-state index contributed by atoms with van der Waals surface area (Å²) in [4.78, 5) is 7.33. The molecule has 0 radical (unpaired) electrons. The Kier molecular flexibility index (Phi) is 11.9. The highest BCUT2D eigenvalue weighted by atomic mass is 127. The molecule has 0 aromatic carbocycles. The highest BCUT2D eigenvalue weighted by molar-refractivity contribution is 14.0. The number of guanidine groups is 1. The van der Waals surface area contributed by atoms with E-state index in [1.165, 1.54) is 19.5 Å². The Morgan fingerprint density at radius 3 is 2.59 bits per heavy atom. The molecule has 1 aliphatic heterocycles. The van der Waals surface area contributed by atoms with Crippen molar-refractivity contribution in [3.8, 4) is 0 Å². The summed E-state index contributed by atoms with van der Waals surface area (Å²) >= 11 is 0. The molecular weight excluding hydrogens is 453 g/mol. The van der Waals surface area contributed by atoms with Crippen LogP contribution in [0.4, 0.5) is 0 Å². The molecule has 1 aromatic heterocycles. The Hall–Kier alpha value is -0.900. The van der Waals surface area contributed by atoms with Crippen LogP contribution in [0.3, 0.4) is 0 Å². The van der Waals surface area contributed by atoms with E-state index in [1.54, 1.807) is 6.33 Å². The van der Waals surface area contributed by atoms with Crippen molar-refractivity contribution in [3.05, 3.63) is 12.2 Å². The Balaban J connectivity index is 0.00000364. The van der Waals surface area contributed by atoms with Crippen LogP contribution in [0, 0.1) is 11.8 Å². The number of halogens is 1. The van der Waals surface area contributed by atoms with Gasteiger partial charge in [0, 0.05) is 45.7 Å². The van der Waals surface area contributed by atoms with E-state index in [0.717, 1.165) is 69.2 Å². The zero-order valence-corrected chi connectivity index (χ0v) is 19.8. The molecule has 0 bridgehead atoms. The molecule has 2 unspecified atom stereocenters. The van der Waals surface area contributed by atoms with Crippen LogP contribution in [0.25, 0.3) is 0 Å². The van der Waals surface area contributed by atoms with E-state index >= 15 is 0 Å². The van der Waals surface area contributed by atoms with Gasteiger partial charge in [-0.3, -0.25) is 4.99 Å². The minimum absolute atomic E-state index is 0. The quantitative estimate of drug-likeness (QED) is 0.240. The number of nitrogens with one attached hydrogen (secondary N) is 2. The summed E-state index contributed by atoms with van der Waals surface area (Å²) in [6.45, 7) is 16.0. The predicted molar refractivity (Wildman–Crippen MR) is 123 cm³/mol. The largest absolute Gasteiger partial charge is 0.357 e. The molecule has 2 atom stereocenters. The van der Waals surface area contributed by atoms with E-state index in [0.29, 0.717) is 0 Å². The second-order valence-electron chi connectivity index (χ2n) is 7.54. The first-order valence-electron chi connectivity index (χ1n) is 10.2. The maximum absolute atomic E-state index is 4.72. The molecule has 1 aliphatic rings. The molecule has 7 nitrogen and oxygen atoms in total. The van der Waals surface area contributed by atoms with Crippen molar-refractivity contribution in [2.75, 3.05) is 39.3 Å². The Morgan fingerprint density at radius 2 is 1.93 bits per heavy atom. The summed E-state index contributed by atoms with van der Waals surface area (Å²) in [7, 11) is 0. The SMILES string of the molecule is CCNC(=NCCCN1CC(C)CC(C)C1)NCCn1cnnc1CC.I. The van der Waals surface area contributed by atoms with Gasteiger partial charge in [0.15, 0.2) is 5.96 Å². The summed E-state index contributed by atoms with van der Waals surface area (Å²) in [5, 5.41) is 14.8. The zero-order chi connectivity index (χ0) is 18.8. The maximum atomic E-state index is 4.72. The van der Waals surface area contributed by atoms with E-state index < -0.39 is 0 Å². The Bertz CT molecular complexity index is 536. The molecule has 1 aromatic rings. The molecule has 8 heteroatoms. The van der Waals surface area contributed by atoms with Gasteiger partial charge in [-0.05, 0) is 38.1 Å². The van der Waals surface area contributed by atoms with Crippen molar-refractivity contribution in [2.24, 2.45) is 16.8 Å². The monoisotopic (exact) mass is 491 g/mol. The predicted octanol–water partition coefficient (Wildman–Crippen LogP) is 2.38. The van der Waals surface area contributed by atoms with Gasteiger partial charge in [0.05, 0.1) is 0 Å². The van der Waals surface area contributed by atoms with Crippen molar-refractivity contribution < 1.29 is 0 Å². The van der Waals surface area contributed by atoms with Gasteiger partial charge in [0.2, 0.25) is 0 Å². The van der Waals surface area contributed by atoms with Crippen LogP contribution in [0.1, 0.15) is 46.4 Å². The molecule has 0 amide bonds. The Labute approximate surface area is 181 Å². The van der Waals surface area contributed by atoms with Gasteiger partial charge in [0.25, 0.3) is 0 Å². The first kappa shape index (κ1) is 24.1. The lowest BCUT2D eigenvalue weighted by Crippen LogP contribution is -2.40. The van der Waals surface area contributed by atoms with E-state index in [-0.39, 0.29) is 24.0 Å². The second-order valence-corrected chi connectivity index (χ2v) is 7.54. The molecule has 2 N–H and O–H groups in total. The summed E-state index contributed by atoms with van der Waals surface area (Å²) < 4.78 is 2.09. The fourth-order valence-corrected chi connectivity index (χ4v) is 3.84. The van der Waals surface area contributed by atoms with Gasteiger partial charge >= 0.3 is 0 Å². The van der Waals surface area contributed by atoms with E-state index in [2.05, 4.69) is 58.0 Å². The third-order valence-corrected chi connectivity index (χ3v) is 4.85. The van der Waals surface area contributed by atoms with Crippen molar-refractivity contribution in [1.82, 2.24) is 30.3 Å². The first-order valence-corrected chi connectivity index (χ1v) is 10.2.